The fraction of sp³-hybridized carbons (Fsp3) is 0.273. The smallest absolute Gasteiger partial charge is 0.264 e. The number of morpholine rings is 1. The first-order chi connectivity index (χ1) is 14.9. The molecule has 0 aliphatic carbocycles. The molecule has 1 fully saturated rings. The van der Waals surface area contributed by atoms with E-state index in [1.54, 1.807) is 19.1 Å². The molecule has 1 aromatic heterocycles. The number of ether oxygens (including phenoxy) is 1. The van der Waals surface area contributed by atoms with Gasteiger partial charge in [0.2, 0.25) is 10.0 Å². The Balaban J connectivity index is 1.76. The summed E-state index contributed by atoms with van der Waals surface area (Å²) in [7, 11) is -3.73. The maximum absolute atomic E-state index is 13.6. The molecule has 0 atom stereocenters. The predicted molar refractivity (Wildman–Crippen MR) is 121 cm³/mol. The zero-order valence-electron chi connectivity index (χ0n) is 17.3. The summed E-state index contributed by atoms with van der Waals surface area (Å²) in [5, 5.41) is 2.41. The minimum absolute atomic E-state index is 0.142. The zero-order chi connectivity index (χ0) is 22.0. The molecule has 162 valence electrons. The minimum Gasteiger partial charge on any atom is -0.379 e. The van der Waals surface area contributed by atoms with E-state index in [4.69, 9.17) is 4.74 Å². The van der Waals surface area contributed by atoms with Crippen LogP contribution in [-0.4, -0.2) is 49.9 Å². The van der Waals surface area contributed by atoms with Crippen molar-refractivity contribution in [3.8, 4) is 0 Å². The molecule has 0 radical (unpaired) electrons. The molecule has 7 nitrogen and oxygen atoms in total. The molecule has 3 aromatic rings. The van der Waals surface area contributed by atoms with Crippen LogP contribution in [0.4, 0.5) is 10.8 Å². The number of hydrogen-bond acceptors (Lipinski definition) is 6. The summed E-state index contributed by atoms with van der Waals surface area (Å²) < 4.78 is 33.2. The first-order valence-corrected chi connectivity index (χ1v) is 12.2. The lowest BCUT2D eigenvalue weighted by Crippen LogP contribution is -2.41. The molecule has 0 saturated carbocycles. The highest BCUT2D eigenvalue weighted by Gasteiger charge is 2.30. The molecule has 31 heavy (non-hydrogen) atoms. The van der Waals surface area contributed by atoms with E-state index in [0.717, 1.165) is 5.69 Å². The highest BCUT2D eigenvalue weighted by atomic mass is 32.2. The summed E-state index contributed by atoms with van der Waals surface area (Å²) in [5.74, 6) is -0.334. The first-order valence-electron chi connectivity index (χ1n) is 9.88. The predicted octanol–water partition coefficient (Wildman–Crippen LogP) is 3.76. The van der Waals surface area contributed by atoms with E-state index in [9.17, 15) is 13.2 Å². The van der Waals surface area contributed by atoms with Gasteiger partial charge in [0.15, 0.2) is 5.13 Å². The van der Waals surface area contributed by atoms with Gasteiger partial charge in [-0.15, -0.1) is 11.3 Å². The first kappa shape index (κ1) is 21.6. The molecule has 2 heterocycles. The molecule has 1 aliphatic heterocycles. The minimum atomic E-state index is -3.73. The SMILES string of the molecule is Cc1csc(N(C(=O)c2ccc(C)c(S(=O)(=O)N3CCOCC3)c2)c2ccccc2)n1. The van der Waals surface area contributed by atoms with Gasteiger partial charge in [0.25, 0.3) is 5.91 Å². The van der Waals surface area contributed by atoms with Crippen LogP contribution in [0.2, 0.25) is 0 Å². The third-order valence-corrected chi connectivity index (χ3v) is 8.02. The van der Waals surface area contributed by atoms with E-state index in [-0.39, 0.29) is 16.4 Å². The van der Waals surface area contributed by atoms with Gasteiger partial charge in [-0.3, -0.25) is 9.69 Å². The van der Waals surface area contributed by atoms with Crippen molar-refractivity contribution in [2.24, 2.45) is 0 Å². The molecule has 0 N–H and O–H groups in total. The van der Waals surface area contributed by atoms with Crippen molar-refractivity contribution in [3.05, 3.63) is 70.7 Å². The largest absolute Gasteiger partial charge is 0.379 e. The zero-order valence-corrected chi connectivity index (χ0v) is 18.9. The molecule has 0 spiro atoms. The number of sulfonamides is 1. The highest BCUT2D eigenvalue weighted by Crippen LogP contribution is 2.31. The van der Waals surface area contributed by atoms with Crippen LogP contribution >= 0.6 is 11.3 Å². The average Bonchev–Trinajstić information content (AvgIpc) is 3.21. The Morgan fingerprint density at radius 3 is 2.45 bits per heavy atom. The molecule has 0 unspecified atom stereocenters. The number of nitrogens with zero attached hydrogens (tertiary/aromatic N) is 3. The Morgan fingerprint density at radius 1 is 1.10 bits per heavy atom. The van der Waals surface area contributed by atoms with Crippen LogP contribution in [0.3, 0.4) is 0 Å². The standard InChI is InChI=1S/C22H23N3O4S2/c1-16-8-9-18(14-20(16)31(27,28)24-10-12-29-13-11-24)21(26)25(19-6-4-3-5-7-19)22-23-17(2)15-30-22/h3-9,14-15H,10-13H2,1-2H3. The highest BCUT2D eigenvalue weighted by molar-refractivity contribution is 7.89. The summed E-state index contributed by atoms with van der Waals surface area (Å²) in [5.41, 5.74) is 2.36. The van der Waals surface area contributed by atoms with E-state index < -0.39 is 10.0 Å². The van der Waals surface area contributed by atoms with Crippen LogP contribution in [0.5, 0.6) is 0 Å². The number of para-hydroxylation sites is 1. The lowest BCUT2D eigenvalue weighted by atomic mass is 10.1. The number of rotatable bonds is 5. The van der Waals surface area contributed by atoms with Gasteiger partial charge in [0, 0.05) is 24.0 Å². The second-order valence-corrected chi connectivity index (χ2v) is 9.99. The molecule has 1 amide bonds. The quantitative estimate of drug-likeness (QED) is 0.583. The van der Waals surface area contributed by atoms with Crippen molar-refractivity contribution in [3.63, 3.8) is 0 Å². The number of hydrogen-bond donors (Lipinski definition) is 0. The normalized spacial score (nSPS) is 15.0. The van der Waals surface area contributed by atoms with E-state index in [0.29, 0.717) is 42.7 Å². The van der Waals surface area contributed by atoms with Crippen LogP contribution in [0.15, 0.2) is 58.8 Å². The van der Waals surface area contributed by atoms with Crippen molar-refractivity contribution in [2.75, 3.05) is 31.2 Å². The Labute approximate surface area is 186 Å². The van der Waals surface area contributed by atoms with Crippen LogP contribution in [-0.2, 0) is 14.8 Å². The Bertz CT molecular complexity index is 1190. The van der Waals surface area contributed by atoms with E-state index in [1.807, 2.05) is 42.6 Å². The maximum Gasteiger partial charge on any atom is 0.264 e. The maximum atomic E-state index is 13.6. The summed E-state index contributed by atoms with van der Waals surface area (Å²) in [6.07, 6.45) is 0. The lowest BCUT2D eigenvalue weighted by molar-refractivity contribution is 0.0730. The number of anilines is 2. The third kappa shape index (κ3) is 4.40. The van der Waals surface area contributed by atoms with Crippen molar-refractivity contribution < 1.29 is 17.9 Å². The number of thiazole rings is 1. The molecule has 0 bridgehead atoms. The van der Waals surface area contributed by atoms with E-state index >= 15 is 0 Å². The Kier molecular flexibility index (Phi) is 6.19. The van der Waals surface area contributed by atoms with Crippen LogP contribution in [0.25, 0.3) is 0 Å². The fourth-order valence-electron chi connectivity index (χ4n) is 3.40. The summed E-state index contributed by atoms with van der Waals surface area (Å²) in [6.45, 7) is 4.93. The van der Waals surface area contributed by atoms with Crippen molar-refractivity contribution in [1.82, 2.24) is 9.29 Å². The molecule has 4 rings (SSSR count). The monoisotopic (exact) mass is 457 g/mol. The van der Waals surface area contributed by atoms with Crippen molar-refractivity contribution in [1.29, 1.82) is 0 Å². The van der Waals surface area contributed by atoms with Gasteiger partial charge < -0.3 is 4.74 Å². The number of carbonyl (C=O) groups excluding carboxylic acids is 1. The number of amides is 1. The molecule has 9 heteroatoms. The summed E-state index contributed by atoms with van der Waals surface area (Å²) in [4.78, 5) is 19.7. The molecular weight excluding hydrogens is 434 g/mol. The van der Waals surface area contributed by atoms with Crippen LogP contribution < -0.4 is 4.90 Å². The van der Waals surface area contributed by atoms with Crippen LogP contribution in [0, 0.1) is 13.8 Å². The topological polar surface area (TPSA) is 79.8 Å². The molecule has 1 saturated heterocycles. The average molecular weight is 458 g/mol. The van der Waals surface area contributed by atoms with Crippen LogP contribution in [0.1, 0.15) is 21.6 Å². The summed E-state index contributed by atoms with van der Waals surface area (Å²) in [6, 6.07) is 14.0. The third-order valence-electron chi connectivity index (χ3n) is 5.04. The number of carbonyl (C=O) groups is 1. The molecule has 2 aromatic carbocycles. The summed E-state index contributed by atoms with van der Waals surface area (Å²) >= 11 is 1.36. The van der Waals surface area contributed by atoms with Gasteiger partial charge in [-0.1, -0.05) is 24.3 Å². The second kappa shape index (κ2) is 8.88. The molecule has 1 aliphatic rings. The fourth-order valence-corrected chi connectivity index (χ4v) is 5.88. The van der Waals surface area contributed by atoms with Gasteiger partial charge in [-0.05, 0) is 43.7 Å². The Hall–Kier alpha value is -2.59. The lowest BCUT2D eigenvalue weighted by Gasteiger charge is -2.27. The van der Waals surface area contributed by atoms with Gasteiger partial charge in [0.05, 0.1) is 29.5 Å². The van der Waals surface area contributed by atoms with Crippen molar-refractivity contribution >= 4 is 38.1 Å². The van der Waals surface area contributed by atoms with Gasteiger partial charge in [-0.2, -0.15) is 4.31 Å². The number of aryl methyl sites for hydroxylation is 2. The van der Waals surface area contributed by atoms with Crippen molar-refractivity contribution in [2.45, 2.75) is 18.7 Å². The number of aromatic nitrogens is 1. The van der Waals surface area contributed by atoms with E-state index in [2.05, 4.69) is 4.98 Å². The Morgan fingerprint density at radius 2 is 1.81 bits per heavy atom. The van der Waals surface area contributed by atoms with Gasteiger partial charge in [0.1, 0.15) is 0 Å². The van der Waals surface area contributed by atoms with Gasteiger partial charge >= 0.3 is 0 Å². The molecular formula is C22H23N3O4S2. The number of benzene rings is 2. The van der Waals surface area contributed by atoms with E-state index in [1.165, 1.54) is 26.6 Å². The second-order valence-electron chi connectivity index (χ2n) is 7.24. The van der Waals surface area contributed by atoms with Gasteiger partial charge in [-0.25, -0.2) is 13.4 Å².